The number of nitrogens with zero attached hydrogens (tertiary/aromatic N) is 2. The summed E-state index contributed by atoms with van der Waals surface area (Å²) in [6.07, 6.45) is 0. The van der Waals surface area contributed by atoms with Crippen LogP contribution in [0.2, 0.25) is 0 Å². The van der Waals surface area contributed by atoms with Gasteiger partial charge in [0.1, 0.15) is 0 Å². The third kappa shape index (κ3) is 5.09. The number of hydrogen-bond acceptors (Lipinski definition) is 6. The molecule has 0 aliphatic carbocycles. The highest BCUT2D eigenvalue weighted by molar-refractivity contribution is 5.94. The van der Waals surface area contributed by atoms with Crippen molar-refractivity contribution in [1.29, 1.82) is 0 Å². The van der Waals surface area contributed by atoms with Crippen LogP contribution < -0.4 is 5.73 Å². The van der Waals surface area contributed by atoms with E-state index in [4.69, 9.17) is 10.8 Å². The molecule has 0 aliphatic heterocycles. The fourth-order valence-corrected chi connectivity index (χ4v) is 2.04. The van der Waals surface area contributed by atoms with Gasteiger partial charge < -0.3 is 10.8 Å². The van der Waals surface area contributed by atoms with Gasteiger partial charge >= 0.3 is 5.97 Å². The van der Waals surface area contributed by atoms with Crippen LogP contribution in [0.25, 0.3) is 0 Å². The maximum Gasteiger partial charge on any atom is 0.335 e. The van der Waals surface area contributed by atoms with Crippen molar-refractivity contribution in [3.05, 3.63) is 78.9 Å². The van der Waals surface area contributed by atoms with Gasteiger partial charge in [0.05, 0.1) is 15.4 Å². The van der Waals surface area contributed by atoms with Crippen LogP contribution in [0.5, 0.6) is 0 Å². The van der Waals surface area contributed by atoms with Gasteiger partial charge in [0.15, 0.2) is 0 Å². The molecule has 0 bridgehead atoms. The molecule has 0 radical (unpaired) electrons. The van der Waals surface area contributed by atoms with E-state index in [0.29, 0.717) is 16.7 Å². The van der Waals surface area contributed by atoms with Crippen molar-refractivity contribution in [1.82, 2.24) is 0 Å². The topological polar surface area (TPSA) is 167 Å². The number of carbonyl (C=O) groups is 2. The summed E-state index contributed by atoms with van der Waals surface area (Å²) in [6.45, 7) is 3.13. The lowest BCUT2D eigenvalue weighted by Crippen LogP contribution is -2.12. The van der Waals surface area contributed by atoms with Crippen LogP contribution >= 0.6 is 0 Å². The zero-order valence-corrected chi connectivity index (χ0v) is 13.8. The predicted octanol–water partition coefficient (Wildman–Crippen LogP) is 2.60. The SMILES string of the molecule is Cc1cc([N+](=O)[O-])ccc1C(=O)O.Cc1cc([N+](=O)[O-])ccc1C(N)=O. The number of non-ortho nitro benzene ring substituents is 2. The Morgan fingerprint density at radius 3 is 1.54 bits per heavy atom. The molecule has 2 aromatic carbocycles. The van der Waals surface area contributed by atoms with Crippen molar-refractivity contribution in [2.45, 2.75) is 13.8 Å². The Kier molecular flexibility index (Phi) is 6.48. The van der Waals surface area contributed by atoms with Gasteiger partial charge in [-0.1, -0.05) is 0 Å². The van der Waals surface area contributed by atoms with Crippen molar-refractivity contribution < 1.29 is 24.5 Å². The molecule has 26 heavy (non-hydrogen) atoms. The van der Waals surface area contributed by atoms with E-state index in [1.54, 1.807) is 6.92 Å². The highest BCUT2D eigenvalue weighted by Crippen LogP contribution is 2.17. The number of nitro benzene ring substituents is 2. The number of benzene rings is 2. The molecule has 0 aromatic heterocycles. The van der Waals surface area contributed by atoms with Crippen LogP contribution in [0.15, 0.2) is 36.4 Å². The molecule has 1 amide bonds. The normalized spacial score (nSPS) is 9.62. The molecule has 3 N–H and O–H groups in total. The molecular formula is C16H15N3O7. The van der Waals surface area contributed by atoms with Crippen molar-refractivity contribution in [2.24, 2.45) is 5.73 Å². The van der Waals surface area contributed by atoms with E-state index in [9.17, 15) is 29.8 Å². The molecular weight excluding hydrogens is 346 g/mol. The number of nitro groups is 2. The van der Waals surface area contributed by atoms with Crippen molar-refractivity contribution in [2.75, 3.05) is 0 Å². The number of carbonyl (C=O) groups excluding carboxylic acids is 1. The Morgan fingerprint density at radius 1 is 0.885 bits per heavy atom. The molecule has 10 nitrogen and oxygen atoms in total. The lowest BCUT2D eigenvalue weighted by Gasteiger charge is -1.99. The summed E-state index contributed by atoms with van der Waals surface area (Å²) in [5, 5.41) is 29.2. The average molecular weight is 361 g/mol. The second-order valence-corrected chi connectivity index (χ2v) is 5.18. The molecule has 2 aromatic rings. The van der Waals surface area contributed by atoms with E-state index in [1.807, 2.05) is 0 Å². The number of nitrogens with two attached hydrogens (primary N) is 1. The van der Waals surface area contributed by atoms with Crippen LogP contribution in [0.3, 0.4) is 0 Å². The Morgan fingerprint density at radius 2 is 1.27 bits per heavy atom. The number of carboxylic acids is 1. The second-order valence-electron chi connectivity index (χ2n) is 5.18. The van der Waals surface area contributed by atoms with Crippen molar-refractivity contribution >= 4 is 23.3 Å². The summed E-state index contributed by atoms with van der Waals surface area (Å²) in [7, 11) is 0. The monoisotopic (exact) mass is 361 g/mol. The standard InChI is InChI=1S/C8H8N2O3.C8H7NO4/c1-5-4-6(10(12)13)2-3-7(5)8(9)11;1-5-4-6(9(12)13)2-3-7(5)8(10)11/h2-4H,1H3,(H2,9,11);2-4H,1H3,(H,10,11). The lowest BCUT2D eigenvalue weighted by atomic mass is 10.1. The van der Waals surface area contributed by atoms with Crippen molar-refractivity contribution in [3.63, 3.8) is 0 Å². The third-order valence-electron chi connectivity index (χ3n) is 3.34. The molecule has 0 atom stereocenters. The van der Waals surface area contributed by atoms with Crippen LogP contribution in [0, 0.1) is 34.1 Å². The summed E-state index contributed by atoms with van der Waals surface area (Å²) >= 11 is 0. The van der Waals surface area contributed by atoms with E-state index in [1.165, 1.54) is 43.3 Å². The van der Waals surface area contributed by atoms with E-state index in [-0.39, 0.29) is 16.9 Å². The molecule has 136 valence electrons. The predicted molar refractivity (Wildman–Crippen MR) is 91.1 cm³/mol. The largest absolute Gasteiger partial charge is 0.478 e. The number of amides is 1. The van der Waals surface area contributed by atoms with Gasteiger partial charge in [-0.3, -0.25) is 25.0 Å². The molecule has 0 saturated heterocycles. The van der Waals surface area contributed by atoms with Gasteiger partial charge in [-0.05, 0) is 37.1 Å². The average Bonchev–Trinajstić information content (AvgIpc) is 2.54. The zero-order chi connectivity index (χ0) is 20.0. The Hall–Kier alpha value is -3.82. The summed E-state index contributed by atoms with van der Waals surface area (Å²) in [6, 6.07) is 7.58. The first-order valence-electron chi connectivity index (χ1n) is 7.07. The van der Waals surface area contributed by atoms with E-state index >= 15 is 0 Å². The molecule has 2 rings (SSSR count). The first-order valence-corrected chi connectivity index (χ1v) is 7.07. The molecule has 0 aliphatic rings. The molecule has 0 spiro atoms. The summed E-state index contributed by atoms with van der Waals surface area (Å²) in [5.74, 6) is -1.65. The summed E-state index contributed by atoms with van der Waals surface area (Å²) < 4.78 is 0. The molecule has 0 fully saturated rings. The highest BCUT2D eigenvalue weighted by Gasteiger charge is 2.12. The van der Waals surface area contributed by atoms with Gasteiger partial charge in [0.2, 0.25) is 5.91 Å². The maximum absolute atomic E-state index is 10.8. The quantitative estimate of drug-likeness (QED) is 0.623. The molecule has 0 saturated carbocycles. The van der Waals surface area contributed by atoms with Crippen molar-refractivity contribution in [3.8, 4) is 0 Å². The summed E-state index contributed by atoms with van der Waals surface area (Å²) in [4.78, 5) is 40.8. The summed E-state index contributed by atoms with van der Waals surface area (Å²) in [5.41, 5.74) is 6.20. The number of aryl methyl sites for hydroxylation is 2. The molecule has 0 unspecified atom stereocenters. The van der Waals surface area contributed by atoms with Crippen LogP contribution in [-0.4, -0.2) is 26.8 Å². The highest BCUT2D eigenvalue weighted by atomic mass is 16.6. The third-order valence-corrected chi connectivity index (χ3v) is 3.34. The van der Waals surface area contributed by atoms with Gasteiger partial charge in [-0.25, -0.2) is 4.79 Å². The lowest BCUT2D eigenvalue weighted by molar-refractivity contribution is -0.385. The minimum atomic E-state index is -1.08. The smallest absolute Gasteiger partial charge is 0.335 e. The maximum atomic E-state index is 10.8. The minimum Gasteiger partial charge on any atom is -0.478 e. The Bertz CT molecular complexity index is 820. The molecule has 10 heteroatoms. The number of hydrogen-bond donors (Lipinski definition) is 2. The number of aromatic carboxylic acids is 1. The van der Waals surface area contributed by atoms with E-state index in [2.05, 4.69) is 0 Å². The van der Waals surface area contributed by atoms with Crippen LogP contribution in [-0.2, 0) is 0 Å². The van der Waals surface area contributed by atoms with E-state index in [0.717, 1.165) is 0 Å². The number of rotatable bonds is 4. The fourth-order valence-electron chi connectivity index (χ4n) is 2.04. The van der Waals surface area contributed by atoms with Gasteiger partial charge in [-0.2, -0.15) is 0 Å². The Balaban J connectivity index is 0.000000260. The second kappa shape index (κ2) is 8.33. The van der Waals surface area contributed by atoms with Gasteiger partial charge in [-0.15, -0.1) is 0 Å². The Labute approximate surface area is 147 Å². The number of primary amides is 1. The van der Waals surface area contributed by atoms with Gasteiger partial charge in [0, 0.05) is 29.8 Å². The molecule has 0 heterocycles. The van der Waals surface area contributed by atoms with Crippen LogP contribution in [0.1, 0.15) is 31.8 Å². The first-order chi connectivity index (χ1) is 12.0. The zero-order valence-electron chi connectivity index (χ0n) is 13.8. The van der Waals surface area contributed by atoms with Crippen LogP contribution in [0.4, 0.5) is 11.4 Å². The van der Waals surface area contributed by atoms with E-state index < -0.39 is 21.7 Å². The minimum absolute atomic E-state index is 0.0394. The first kappa shape index (κ1) is 20.2. The number of carboxylic acid groups (broad SMARTS) is 1. The fraction of sp³-hybridized carbons (Fsp3) is 0.125. The van der Waals surface area contributed by atoms with Gasteiger partial charge in [0.25, 0.3) is 11.4 Å².